The van der Waals surface area contributed by atoms with Gasteiger partial charge in [-0.15, -0.1) is 0 Å². The molecule has 1 unspecified atom stereocenters. The molecule has 1 atom stereocenters. The van der Waals surface area contributed by atoms with Gasteiger partial charge in [0.1, 0.15) is 0 Å². The molecule has 1 aromatic rings. The van der Waals surface area contributed by atoms with Crippen LogP contribution in [0, 0.1) is 0 Å². The second kappa shape index (κ2) is 7.29. The zero-order chi connectivity index (χ0) is 15.2. The van der Waals surface area contributed by atoms with E-state index in [1.54, 1.807) is 0 Å². The molecule has 0 spiro atoms. The summed E-state index contributed by atoms with van der Waals surface area (Å²) in [6, 6.07) is 7.58. The molecule has 0 saturated carbocycles. The van der Waals surface area contributed by atoms with Crippen LogP contribution in [0.15, 0.2) is 24.3 Å². The van der Waals surface area contributed by atoms with Gasteiger partial charge in [-0.1, -0.05) is 45.9 Å². The van der Waals surface area contributed by atoms with E-state index in [1.165, 1.54) is 0 Å². The molecule has 0 aliphatic rings. The van der Waals surface area contributed by atoms with E-state index < -0.39 is 0 Å². The molecule has 2 amide bonds. The van der Waals surface area contributed by atoms with Gasteiger partial charge >= 0.3 is 6.03 Å². The third-order valence-electron chi connectivity index (χ3n) is 3.22. The summed E-state index contributed by atoms with van der Waals surface area (Å²) in [7, 11) is 0. The summed E-state index contributed by atoms with van der Waals surface area (Å²) in [5.41, 5.74) is 1.90. The number of hydrogen-bond donors (Lipinski definition) is 3. The number of anilines is 1. The SMILES string of the molecule is CCC(O)CCNC(=O)Nc1ccccc1C(C)(C)C. The minimum atomic E-state index is -0.350. The fraction of sp³-hybridized carbons (Fsp3) is 0.562. The van der Waals surface area contributed by atoms with Crippen LogP contribution >= 0.6 is 0 Å². The van der Waals surface area contributed by atoms with Gasteiger partial charge in [-0.2, -0.15) is 0 Å². The zero-order valence-corrected chi connectivity index (χ0v) is 12.9. The summed E-state index contributed by atoms with van der Waals surface area (Å²) in [6.07, 6.45) is 0.929. The van der Waals surface area contributed by atoms with Gasteiger partial charge in [0.15, 0.2) is 0 Å². The number of nitrogens with one attached hydrogen (secondary N) is 2. The quantitative estimate of drug-likeness (QED) is 0.774. The molecule has 3 N–H and O–H groups in total. The van der Waals surface area contributed by atoms with Crippen molar-refractivity contribution in [2.45, 2.75) is 52.1 Å². The fourth-order valence-corrected chi connectivity index (χ4v) is 1.97. The smallest absolute Gasteiger partial charge is 0.319 e. The Morgan fingerprint density at radius 1 is 1.30 bits per heavy atom. The lowest BCUT2D eigenvalue weighted by molar-refractivity contribution is 0.160. The number of para-hydroxylation sites is 1. The van der Waals surface area contributed by atoms with Crippen molar-refractivity contribution in [3.8, 4) is 0 Å². The molecule has 0 saturated heterocycles. The van der Waals surface area contributed by atoms with Gasteiger partial charge in [0.05, 0.1) is 6.10 Å². The molecular formula is C16H26N2O2. The molecule has 0 fully saturated rings. The van der Waals surface area contributed by atoms with Crippen molar-refractivity contribution >= 4 is 11.7 Å². The first-order chi connectivity index (χ1) is 9.34. The third-order valence-corrected chi connectivity index (χ3v) is 3.22. The van der Waals surface area contributed by atoms with Crippen molar-refractivity contribution in [2.24, 2.45) is 0 Å². The van der Waals surface area contributed by atoms with Crippen molar-refractivity contribution in [1.29, 1.82) is 0 Å². The minimum Gasteiger partial charge on any atom is -0.393 e. The molecule has 20 heavy (non-hydrogen) atoms. The molecule has 1 aromatic carbocycles. The summed E-state index contributed by atoms with van der Waals surface area (Å²) in [6.45, 7) is 8.73. The number of rotatable bonds is 5. The second-order valence-corrected chi connectivity index (χ2v) is 6.03. The number of benzene rings is 1. The lowest BCUT2D eigenvalue weighted by Gasteiger charge is -2.23. The van der Waals surface area contributed by atoms with Crippen molar-refractivity contribution in [3.63, 3.8) is 0 Å². The van der Waals surface area contributed by atoms with Gasteiger partial charge in [0.25, 0.3) is 0 Å². The zero-order valence-electron chi connectivity index (χ0n) is 12.9. The Bertz CT molecular complexity index is 438. The molecule has 0 radical (unpaired) electrons. The molecule has 0 bridgehead atoms. The Morgan fingerprint density at radius 2 is 1.95 bits per heavy atom. The monoisotopic (exact) mass is 278 g/mol. The molecule has 0 heterocycles. The molecule has 0 aromatic heterocycles. The summed E-state index contributed by atoms with van der Waals surface area (Å²) >= 11 is 0. The van der Waals surface area contributed by atoms with E-state index in [0.29, 0.717) is 19.4 Å². The standard InChI is InChI=1S/C16H26N2O2/c1-5-12(19)10-11-17-15(20)18-14-9-7-6-8-13(14)16(2,3)4/h6-9,12,19H,5,10-11H2,1-4H3,(H2,17,18,20). The number of urea groups is 1. The molecule has 0 aliphatic carbocycles. The maximum absolute atomic E-state index is 11.9. The van der Waals surface area contributed by atoms with Crippen LogP contribution < -0.4 is 10.6 Å². The number of aliphatic hydroxyl groups is 1. The molecule has 4 heteroatoms. The average Bonchev–Trinajstić information content (AvgIpc) is 2.37. The number of carbonyl (C=O) groups excluding carboxylic acids is 1. The van der Waals surface area contributed by atoms with E-state index in [-0.39, 0.29) is 17.6 Å². The van der Waals surface area contributed by atoms with Crippen LogP contribution in [0.25, 0.3) is 0 Å². The average molecular weight is 278 g/mol. The summed E-state index contributed by atoms with van der Waals surface area (Å²) in [4.78, 5) is 11.9. The Balaban J connectivity index is 2.58. The van der Waals surface area contributed by atoms with Crippen molar-refractivity contribution in [3.05, 3.63) is 29.8 Å². The highest BCUT2D eigenvalue weighted by atomic mass is 16.3. The normalized spacial score (nSPS) is 12.8. The van der Waals surface area contributed by atoms with Crippen molar-refractivity contribution < 1.29 is 9.90 Å². The van der Waals surface area contributed by atoms with E-state index in [1.807, 2.05) is 31.2 Å². The van der Waals surface area contributed by atoms with E-state index in [2.05, 4.69) is 31.4 Å². The fourth-order valence-electron chi connectivity index (χ4n) is 1.97. The molecular weight excluding hydrogens is 252 g/mol. The molecule has 1 rings (SSSR count). The number of aliphatic hydroxyl groups excluding tert-OH is 1. The van der Waals surface area contributed by atoms with Crippen LogP contribution in [0.2, 0.25) is 0 Å². The highest BCUT2D eigenvalue weighted by molar-refractivity contribution is 5.90. The first-order valence-electron chi connectivity index (χ1n) is 7.17. The van der Waals surface area contributed by atoms with E-state index >= 15 is 0 Å². The van der Waals surface area contributed by atoms with E-state index in [9.17, 15) is 9.90 Å². The Hall–Kier alpha value is -1.55. The number of amides is 2. The summed E-state index contributed by atoms with van der Waals surface area (Å²) in [5.74, 6) is 0. The van der Waals surface area contributed by atoms with Gasteiger partial charge in [0, 0.05) is 12.2 Å². The van der Waals surface area contributed by atoms with Gasteiger partial charge in [0.2, 0.25) is 0 Å². The Labute approximate surface area is 121 Å². The van der Waals surface area contributed by atoms with Crippen LogP contribution in [0.1, 0.15) is 46.1 Å². The van der Waals surface area contributed by atoms with Crippen molar-refractivity contribution in [1.82, 2.24) is 5.32 Å². The first kappa shape index (κ1) is 16.5. The predicted molar refractivity (Wildman–Crippen MR) is 83.1 cm³/mol. The second-order valence-electron chi connectivity index (χ2n) is 6.03. The molecule has 0 aliphatic heterocycles. The van der Waals surface area contributed by atoms with Crippen LogP contribution in [-0.2, 0) is 5.41 Å². The Kier molecular flexibility index (Phi) is 6.02. The summed E-state index contributed by atoms with van der Waals surface area (Å²) < 4.78 is 0. The highest BCUT2D eigenvalue weighted by Gasteiger charge is 2.18. The lowest BCUT2D eigenvalue weighted by atomic mass is 9.86. The minimum absolute atomic E-state index is 0.0255. The lowest BCUT2D eigenvalue weighted by Crippen LogP contribution is -2.32. The first-order valence-corrected chi connectivity index (χ1v) is 7.17. The van der Waals surface area contributed by atoms with E-state index in [4.69, 9.17) is 0 Å². The third kappa shape index (κ3) is 5.21. The van der Waals surface area contributed by atoms with Crippen LogP contribution in [-0.4, -0.2) is 23.8 Å². The van der Waals surface area contributed by atoms with Gasteiger partial charge in [-0.25, -0.2) is 4.79 Å². The Morgan fingerprint density at radius 3 is 2.55 bits per heavy atom. The van der Waals surface area contributed by atoms with Crippen molar-refractivity contribution in [2.75, 3.05) is 11.9 Å². The largest absolute Gasteiger partial charge is 0.393 e. The van der Waals surface area contributed by atoms with Gasteiger partial charge in [-0.3, -0.25) is 0 Å². The van der Waals surface area contributed by atoms with Crippen LogP contribution in [0.3, 0.4) is 0 Å². The number of carbonyl (C=O) groups is 1. The maximum Gasteiger partial charge on any atom is 0.319 e. The molecule has 112 valence electrons. The van der Waals surface area contributed by atoms with Gasteiger partial charge in [-0.05, 0) is 29.9 Å². The number of hydrogen-bond acceptors (Lipinski definition) is 2. The maximum atomic E-state index is 11.9. The summed E-state index contributed by atoms with van der Waals surface area (Å²) in [5, 5.41) is 15.1. The van der Waals surface area contributed by atoms with Crippen LogP contribution in [0.5, 0.6) is 0 Å². The van der Waals surface area contributed by atoms with E-state index in [0.717, 1.165) is 11.3 Å². The predicted octanol–water partition coefficient (Wildman–Crippen LogP) is 3.27. The highest BCUT2D eigenvalue weighted by Crippen LogP contribution is 2.29. The van der Waals surface area contributed by atoms with Gasteiger partial charge < -0.3 is 15.7 Å². The molecule has 4 nitrogen and oxygen atoms in total. The topological polar surface area (TPSA) is 61.4 Å². The van der Waals surface area contributed by atoms with Crippen LogP contribution in [0.4, 0.5) is 10.5 Å².